The van der Waals surface area contributed by atoms with E-state index in [0.29, 0.717) is 25.5 Å². The molecule has 1 heterocycles. The molecular formula is C22H26N2O2S2. The van der Waals surface area contributed by atoms with Crippen molar-refractivity contribution in [2.24, 2.45) is 4.99 Å². The molecular weight excluding hydrogens is 388 g/mol. The first-order chi connectivity index (χ1) is 13.6. The molecule has 148 valence electrons. The number of carbonyl (C=O) groups is 1. The van der Waals surface area contributed by atoms with Crippen LogP contribution in [-0.2, 0) is 21.8 Å². The molecule has 0 atom stereocenters. The summed E-state index contributed by atoms with van der Waals surface area (Å²) >= 11 is 3.19. The molecule has 0 saturated carbocycles. The third-order valence-corrected chi connectivity index (χ3v) is 6.55. The van der Waals surface area contributed by atoms with E-state index in [2.05, 4.69) is 47.7 Å². The zero-order chi connectivity index (χ0) is 19.9. The number of hydrogen-bond donors (Lipinski definition) is 0. The van der Waals surface area contributed by atoms with Crippen LogP contribution in [0.5, 0.6) is 0 Å². The number of fused-ring (bicyclic) bond motifs is 1. The van der Waals surface area contributed by atoms with Crippen molar-refractivity contribution in [3.8, 4) is 0 Å². The third-order valence-electron chi connectivity index (χ3n) is 4.34. The minimum Gasteiger partial charge on any atom is -0.380 e. The summed E-state index contributed by atoms with van der Waals surface area (Å²) in [5.41, 5.74) is 4.78. The number of carbonyl (C=O) groups excluding carboxylic acids is 1. The summed E-state index contributed by atoms with van der Waals surface area (Å²) in [6.07, 6.45) is 0. The number of nitrogens with zero attached hydrogens (tertiary/aromatic N) is 2. The molecule has 3 rings (SSSR count). The standard InChI is InChI=1S/C22H26N2O2S2/c1-4-26-11-10-24-19-13-16(2)12-17(3)21(19)28-22(24)23-20(25)15-27-14-18-8-6-5-7-9-18/h5-9,12-13H,4,10-11,14-15H2,1-3H3. The zero-order valence-electron chi connectivity index (χ0n) is 16.6. The maximum atomic E-state index is 12.5. The van der Waals surface area contributed by atoms with Gasteiger partial charge in [0.1, 0.15) is 0 Å². The number of amides is 1. The molecule has 28 heavy (non-hydrogen) atoms. The van der Waals surface area contributed by atoms with Crippen LogP contribution in [0.4, 0.5) is 0 Å². The van der Waals surface area contributed by atoms with Gasteiger partial charge in [-0.25, -0.2) is 0 Å². The zero-order valence-corrected chi connectivity index (χ0v) is 18.2. The number of aromatic nitrogens is 1. The van der Waals surface area contributed by atoms with Gasteiger partial charge in [-0.15, -0.1) is 11.8 Å². The van der Waals surface area contributed by atoms with Gasteiger partial charge >= 0.3 is 0 Å². The fraction of sp³-hybridized carbons (Fsp3) is 0.364. The first-order valence-corrected chi connectivity index (χ1v) is 11.4. The van der Waals surface area contributed by atoms with E-state index >= 15 is 0 Å². The van der Waals surface area contributed by atoms with Crippen molar-refractivity contribution in [1.82, 2.24) is 4.57 Å². The second-order valence-electron chi connectivity index (χ2n) is 6.65. The van der Waals surface area contributed by atoms with Crippen molar-refractivity contribution in [3.63, 3.8) is 0 Å². The molecule has 0 fully saturated rings. The van der Waals surface area contributed by atoms with Crippen molar-refractivity contribution in [2.75, 3.05) is 19.0 Å². The van der Waals surface area contributed by atoms with Crippen LogP contribution in [0.2, 0.25) is 0 Å². The Hall–Kier alpha value is -1.89. The van der Waals surface area contributed by atoms with E-state index in [1.165, 1.54) is 21.4 Å². The van der Waals surface area contributed by atoms with Crippen LogP contribution in [0, 0.1) is 13.8 Å². The van der Waals surface area contributed by atoms with Gasteiger partial charge in [0.15, 0.2) is 4.80 Å². The van der Waals surface area contributed by atoms with Gasteiger partial charge in [0, 0.05) is 18.9 Å². The van der Waals surface area contributed by atoms with Gasteiger partial charge < -0.3 is 9.30 Å². The molecule has 0 spiro atoms. The topological polar surface area (TPSA) is 43.6 Å². The lowest BCUT2D eigenvalue weighted by atomic mass is 10.1. The first-order valence-electron chi connectivity index (χ1n) is 9.46. The number of hydrogen-bond acceptors (Lipinski definition) is 4. The average Bonchev–Trinajstić information content (AvgIpc) is 3.00. The Morgan fingerprint density at radius 1 is 1.21 bits per heavy atom. The second kappa shape index (κ2) is 10.0. The Balaban J connectivity index is 1.82. The molecule has 0 radical (unpaired) electrons. The van der Waals surface area contributed by atoms with Crippen LogP contribution >= 0.6 is 23.1 Å². The molecule has 0 aliphatic carbocycles. The second-order valence-corrected chi connectivity index (χ2v) is 8.61. The maximum absolute atomic E-state index is 12.5. The van der Waals surface area contributed by atoms with Crippen molar-refractivity contribution >= 4 is 39.2 Å². The van der Waals surface area contributed by atoms with E-state index in [1.54, 1.807) is 23.1 Å². The van der Waals surface area contributed by atoms with E-state index < -0.39 is 0 Å². The molecule has 0 aliphatic heterocycles. The molecule has 4 nitrogen and oxygen atoms in total. The largest absolute Gasteiger partial charge is 0.380 e. The summed E-state index contributed by atoms with van der Waals surface area (Å²) in [6.45, 7) is 8.18. The van der Waals surface area contributed by atoms with Gasteiger partial charge in [0.05, 0.1) is 22.6 Å². The molecule has 6 heteroatoms. The number of thioether (sulfide) groups is 1. The quantitative estimate of drug-likeness (QED) is 0.501. The Labute approximate surface area is 174 Å². The maximum Gasteiger partial charge on any atom is 0.258 e. The van der Waals surface area contributed by atoms with E-state index in [1.807, 2.05) is 25.1 Å². The first kappa shape index (κ1) is 20.8. The SMILES string of the molecule is CCOCCn1c(=NC(=O)CSCc2ccccc2)sc2c(C)cc(C)cc21. The Bertz CT molecular complexity index is 1010. The Morgan fingerprint density at radius 2 is 2.00 bits per heavy atom. The Morgan fingerprint density at radius 3 is 2.75 bits per heavy atom. The number of aryl methyl sites for hydroxylation is 2. The highest BCUT2D eigenvalue weighted by molar-refractivity contribution is 7.99. The molecule has 1 aromatic heterocycles. The van der Waals surface area contributed by atoms with Gasteiger partial charge in [-0.3, -0.25) is 4.79 Å². The van der Waals surface area contributed by atoms with E-state index in [0.717, 1.165) is 16.1 Å². The van der Waals surface area contributed by atoms with Crippen LogP contribution in [0.1, 0.15) is 23.6 Å². The minimum absolute atomic E-state index is 0.0907. The molecule has 0 bridgehead atoms. The normalized spacial score (nSPS) is 12.0. The van der Waals surface area contributed by atoms with Crippen LogP contribution in [0.3, 0.4) is 0 Å². The van der Waals surface area contributed by atoms with Gasteiger partial charge in [0.25, 0.3) is 5.91 Å². The highest BCUT2D eigenvalue weighted by Crippen LogP contribution is 2.23. The summed E-state index contributed by atoms with van der Waals surface area (Å²) in [7, 11) is 0. The van der Waals surface area contributed by atoms with Crippen molar-refractivity contribution < 1.29 is 9.53 Å². The molecule has 0 unspecified atom stereocenters. The fourth-order valence-corrected chi connectivity index (χ4v) is 4.98. The Kier molecular flexibility index (Phi) is 7.48. The van der Waals surface area contributed by atoms with Crippen molar-refractivity contribution in [3.05, 3.63) is 64.0 Å². The summed E-state index contributed by atoms with van der Waals surface area (Å²) in [5.74, 6) is 1.11. The average molecular weight is 415 g/mol. The number of thiazole rings is 1. The predicted molar refractivity (Wildman–Crippen MR) is 119 cm³/mol. The van der Waals surface area contributed by atoms with Crippen molar-refractivity contribution in [1.29, 1.82) is 0 Å². The van der Waals surface area contributed by atoms with E-state index in [9.17, 15) is 4.79 Å². The lowest BCUT2D eigenvalue weighted by Gasteiger charge is -2.07. The van der Waals surface area contributed by atoms with E-state index in [4.69, 9.17) is 4.74 Å². The molecule has 3 aromatic rings. The lowest BCUT2D eigenvalue weighted by Crippen LogP contribution is -2.20. The van der Waals surface area contributed by atoms with Gasteiger partial charge in [-0.05, 0) is 43.5 Å². The van der Waals surface area contributed by atoms with Crippen LogP contribution in [0.25, 0.3) is 10.2 Å². The van der Waals surface area contributed by atoms with Gasteiger partial charge in [-0.1, -0.05) is 47.7 Å². The predicted octanol–water partition coefficient (Wildman–Crippen LogP) is 4.72. The highest BCUT2D eigenvalue weighted by Gasteiger charge is 2.11. The molecule has 0 aliphatic rings. The molecule has 0 N–H and O–H groups in total. The summed E-state index contributed by atoms with van der Waals surface area (Å²) < 4.78 is 8.85. The molecule has 0 saturated heterocycles. The van der Waals surface area contributed by atoms with Gasteiger partial charge in [-0.2, -0.15) is 4.99 Å². The minimum atomic E-state index is -0.0907. The smallest absolute Gasteiger partial charge is 0.258 e. The van der Waals surface area contributed by atoms with Crippen LogP contribution in [-0.4, -0.2) is 29.4 Å². The van der Waals surface area contributed by atoms with Crippen molar-refractivity contribution in [2.45, 2.75) is 33.1 Å². The van der Waals surface area contributed by atoms with Crippen LogP contribution < -0.4 is 4.80 Å². The fourth-order valence-electron chi connectivity index (χ4n) is 3.08. The summed E-state index contributed by atoms with van der Waals surface area (Å²) in [5, 5.41) is 0. The number of ether oxygens (including phenoxy) is 1. The van der Waals surface area contributed by atoms with Crippen LogP contribution in [0.15, 0.2) is 47.5 Å². The van der Waals surface area contributed by atoms with Gasteiger partial charge in [0.2, 0.25) is 0 Å². The number of rotatable bonds is 8. The monoisotopic (exact) mass is 414 g/mol. The summed E-state index contributed by atoms with van der Waals surface area (Å²) in [6, 6.07) is 14.5. The third kappa shape index (κ3) is 5.34. The molecule has 2 aromatic carbocycles. The highest BCUT2D eigenvalue weighted by atomic mass is 32.2. The van der Waals surface area contributed by atoms with E-state index in [-0.39, 0.29) is 5.91 Å². The lowest BCUT2D eigenvalue weighted by molar-refractivity contribution is -0.115. The summed E-state index contributed by atoms with van der Waals surface area (Å²) in [4.78, 5) is 17.7. The molecule has 1 amide bonds. The number of benzene rings is 2.